The first kappa shape index (κ1) is 20.5. The van der Waals surface area contributed by atoms with Crippen LogP contribution >= 0.6 is 0 Å². The lowest BCUT2D eigenvalue weighted by molar-refractivity contribution is 0.0507. The van der Waals surface area contributed by atoms with Crippen molar-refractivity contribution in [3.63, 3.8) is 0 Å². The van der Waals surface area contributed by atoms with Crippen LogP contribution in [0.4, 0.5) is 0 Å². The SMILES string of the molecule is CN(CCc1ccccc1)[C@@H]1CCCN(C2CCN(Cc3cccnc3)CC2)C1. The van der Waals surface area contributed by atoms with E-state index >= 15 is 0 Å². The molecule has 156 valence electrons. The molecule has 2 aromatic rings. The molecular weight excluding hydrogens is 356 g/mol. The molecule has 1 aromatic carbocycles. The number of rotatable bonds is 7. The molecule has 0 aliphatic carbocycles. The van der Waals surface area contributed by atoms with Crippen molar-refractivity contribution in [3.05, 3.63) is 66.0 Å². The zero-order valence-electron chi connectivity index (χ0n) is 17.9. The van der Waals surface area contributed by atoms with E-state index in [0.29, 0.717) is 6.04 Å². The van der Waals surface area contributed by atoms with Crippen LogP contribution in [0, 0.1) is 0 Å². The predicted molar refractivity (Wildman–Crippen MR) is 120 cm³/mol. The van der Waals surface area contributed by atoms with Gasteiger partial charge in [0.1, 0.15) is 0 Å². The molecule has 4 nitrogen and oxygen atoms in total. The Labute approximate surface area is 176 Å². The minimum atomic E-state index is 0.709. The van der Waals surface area contributed by atoms with Crippen molar-refractivity contribution >= 4 is 0 Å². The number of nitrogens with zero attached hydrogens (tertiary/aromatic N) is 4. The molecule has 29 heavy (non-hydrogen) atoms. The molecule has 4 heteroatoms. The molecule has 1 aromatic heterocycles. The molecule has 0 radical (unpaired) electrons. The highest BCUT2D eigenvalue weighted by molar-refractivity contribution is 5.15. The van der Waals surface area contributed by atoms with Crippen LogP contribution in [0.2, 0.25) is 0 Å². The number of hydrogen-bond donors (Lipinski definition) is 0. The number of piperidine rings is 2. The summed E-state index contributed by atoms with van der Waals surface area (Å²) in [6, 6.07) is 16.6. The first-order valence-corrected chi connectivity index (χ1v) is 11.4. The summed E-state index contributed by atoms with van der Waals surface area (Å²) in [4.78, 5) is 12.3. The van der Waals surface area contributed by atoms with Crippen molar-refractivity contribution in [2.24, 2.45) is 0 Å². The average molecular weight is 393 g/mol. The van der Waals surface area contributed by atoms with Crippen molar-refractivity contribution in [2.75, 3.05) is 39.8 Å². The third-order valence-corrected chi connectivity index (χ3v) is 6.85. The summed E-state index contributed by atoms with van der Waals surface area (Å²) in [5, 5.41) is 0. The Bertz CT molecular complexity index is 712. The standard InChI is InChI=1S/C25H36N4/c1-27(16-11-22-7-3-2-4-8-22)25-10-6-15-29(21-25)24-12-17-28(18-13-24)20-23-9-5-14-26-19-23/h2-5,7-9,14,19,24-25H,6,10-13,15-18,20-21H2,1H3/t25-/m1/s1. The summed E-state index contributed by atoms with van der Waals surface area (Å²) in [5.41, 5.74) is 2.79. The van der Waals surface area contributed by atoms with Gasteiger partial charge in [-0.2, -0.15) is 0 Å². The molecule has 3 heterocycles. The van der Waals surface area contributed by atoms with E-state index < -0.39 is 0 Å². The van der Waals surface area contributed by atoms with Crippen LogP contribution in [0.3, 0.4) is 0 Å². The van der Waals surface area contributed by atoms with Crippen LogP contribution < -0.4 is 0 Å². The van der Waals surface area contributed by atoms with Gasteiger partial charge in [0.2, 0.25) is 0 Å². The molecule has 0 spiro atoms. The smallest absolute Gasteiger partial charge is 0.0312 e. The van der Waals surface area contributed by atoms with Crippen LogP contribution in [0.5, 0.6) is 0 Å². The quantitative estimate of drug-likeness (QED) is 0.717. The molecule has 0 amide bonds. The molecule has 0 saturated carbocycles. The Morgan fingerprint density at radius 1 is 0.966 bits per heavy atom. The Morgan fingerprint density at radius 3 is 2.52 bits per heavy atom. The number of benzene rings is 1. The van der Waals surface area contributed by atoms with E-state index in [1.807, 2.05) is 18.5 Å². The maximum atomic E-state index is 4.26. The van der Waals surface area contributed by atoms with Crippen molar-refractivity contribution in [3.8, 4) is 0 Å². The highest BCUT2D eigenvalue weighted by atomic mass is 15.2. The average Bonchev–Trinajstić information content (AvgIpc) is 2.79. The van der Waals surface area contributed by atoms with Gasteiger partial charge in [-0.1, -0.05) is 36.4 Å². The van der Waals surface area contributed by atoms with Crippen LogP contribution in [0.15, 0.2) is 54.9 Å². The van der Waals surface area contributed by atoms with Crippen molar-refractivity contribution in [1.82, 2.24) is 19.7 Å². The number of aromatic nitrogens is 1. The van der Waals surface area contributed by atoms with Gasteiger partial charge >= 0.3 is 0 Å². The van der Waals surface area contributed by atoms with Crippen LogP contribution in [-0.4, -0.2) is 71.5 Å². The van der Waals surface area contributed by atoms with Gasteiger partial charge in [-0.3, -0.25) is 14.8 Å². The minimum absolute atomic E-state index is 0.709. The van der Waals surface area contributed by atoms with Gasteiger partial charge in [-0.25, -0.2) is 0 Å². The lowest BCUT2D eigenvalue weighted by Gasteiger charge is -2.44. The molecule has 0 bridgehead atoms. The maximum absolute atomic E-state index is 4.26. The van der Waals surface area contributed by atoms with Crippen molar-refractivity contribution < 1.29 is 0 Å². The van der Waals surface area contributed by atoms with E-state index in [1.165, 1.54) is 63.0 Å². The minimum Gasteiger partial charge on any atom is -0.302 e. The maximum Gasteiger partial charge on any atom is 0.0312 e. The molecule has 0 unspecified atom stereocenters. The zero-order valence-corrected chi connectivity index (χ0v) is 17.9. The van der Waals surface area contributed by atoms with Gasteiger partial charge in [0.25, 0.3) is 0 Å². The molecular formula is C25H36N4. The van der Waals surface area contributed by atoms with Crippen LogP contribution in [-0.2, 0) is 13.0 Å². The third kappa shape index (κ3) is 5.88. The fourth-order valence-corrected chi connectivity index (χ4v) is 5.00. The number of likely N-dealkylation sites (tertiary alicyclic amines) is 2. The van der Waals surface area contributed by atoms with Crippen LogP contribution in [0.1, 0.15) is 36.8 Å². The largest absolute Gasteiger partial charge is 0.302 e. The summed E-state index contributed by atoms with van der Waals surface area (Å²) in [6.45, 7) is 7.17. The van der Waals surface area contributed by atoms with Gasteiger partial charge in [0.05, 0.1) is 0 Å². The lowest BCUT2D eigenvalue weighted by Crippen LogP contribution is -2.53. The van der Waals surface area contributed by atoms with Crippen molar-refractivity contribution in [1.29, 1.82) is 0 Å². The Morgan fingerprint density at radius 2 is 1.76 bits per heavy atom. The Hall–Kier alpha value is -1.75. The van der Waals surface area contributed by atoms with Gasteiger partial charge in [0, 0.05) is 44.1 Å². The molecule has 1 atom stereocenters. The summed E-state index contributed by atoms with van der Waals surface area (Å²) in [6.07, 6.45) is 10.3. The Kier molecular flexibility index (Phi) is 7.31. The van der Waals surface area contributed by atoms with Gasteiger partial charge in [-0.15, -0.1) is 0 Å². The van der Waals surface area contributed by atoms with E-state index in [0.717, 1.165) is 25.6 Å². The van der Waals surface area contributed by atoms with Crippen molar-refractivity contribution in [2.45, 2.75) is 50.7 Å². The number of pyridine rings is 1. The van der Waals surface area contributed by atoms with Gasteiger partial charge in [-0.05, 0) is 76.0 Å². The van der Waals surface area contributed by atoms with E-state index in [1.54, 1.807) is 0 Å². The summed E-state index contributed by atoms with van der Waals surface area (Å²) < 4.78 is 0. The second kappa shape index (κ2) is 10.3. The van der Waals surface area contributed by atoms with E-state index in [2.05, 4.69) is 63.1 Å². The van der Waals surface area contributed by atoms with E-state index in [-0.39, 0.29) is 0 Å². The fraction of sp³-hybridized carbons (Fsp3) is 0.560. The molecule has 2 saturated heterocycles. The molecule has 0 N–H and O–H groups in total. The summed E-state index contributed by atoms with van der Waals surface area (Å²) in [7, 11) is 2.33. The highest BCUT2D eigenvalue weighted by Gasteiger charge is 2.30. The monoisotopic (exact) mass is 392 g/mol. The second-order valence-electron chi connectivity index (χ2n) is 8.88. The first-order chi connectivity index (χ1) is 14.3. The lowest BCUT2D eigenvalue weighted by atomic mass is 9.97. The number of hydrogen-bond acceptors (Lipinski definition) is 4. The molecule has 2 fully saturated rings. The molecule has 2 aliphatic heterocycles. The molecule has 2 aliphatic rings. The predicted octanol–water partition coefficient (Wildman–Crippen LogP) is 3.68. The Balaban J connectivity index is 1.22. The van der Waals surface area contributed by atoms with Gasteiger partial charge < -0.3 is 4.90 Å². The summed E-state index contributed by atoms with van der Waals surface area (Å²) >= 11 is 0. The zero-order chi connectivity index (χ0) is 19.9. The molecule has 4 rings (SSSR count). The van der Waals surface area contributed by atoms with E-state index in [9.17, 15) is 0 Å². The van der Waals surface area contributed by atoms with Gasteiger partial charge in [0.15, 0.2) is 0 Å². The summed E-state index contributed by atoms with van der Waals surface area (Å²) in [5.74, 6) is 0. The highest BCUT2D eigenvalue weighted by Crippen LogP contribution is 2.24. The first-order valence-electron chi connectivity index (χ1n) is 11.4. The fourth-order valence-electron chi connectivity index (χ4n) is 5.00. The second-order valence-corrected chi connectivity index (χ2v) is 8.88. The van der Waals surface area contributed by atoms with Crippen LogP contribution in [0.25, 0.3) is 0 Å². The number of likely N-dealkylation sites (N-methyl/N-ethyl adjacent to an activating group) is 1. The topological polar surface area (TPSA) is 22.6 Å². The normalized spacial score (nSPS) is 22.2. The van der Waals surface area contributed by atoms with E-state index in [4.69, 9.17) is 0 Å². The third-order valence-electron chi connectivity index (χ3n) is 6.85.